The number of methoxy groups -OCH3 is 1. The maximum absolute atomic E-state index is 12.2. The molecule has 0 bridgehead atoms. The number of esters is 1. The van der Waals surface area contributed by atoms with Crippen molar-refractivity contribution in [2.45, 2.75) is 25.8 Å². The topological polar surface area (TPSA) is 98.1 Å². The molecule has 0 saturated carbocycles. The molecule has 1 amide bonds. The SMILES string of the molecule is COC(=O)c1ccc(NC(=O)COc2coc(CN3CCCCC3)cc2=O)cc1. The number of benzene rings is 1. The van der Waals surface area contributed by atoms with Crippen LogP contribution in [0.1, 0.15) is 35.4 Å². The van der Waals surface area contributed by atoms with Gasteiger partial charge in [0.2, 0.25) is 11.2 Å². The van der Waals surface area contributed by atoms with E-state index >= 15 is 0 Å². The Morgan fingerprint density at radius 3 is 2.52 bits per heavy atom. The molecule has 0 radical (unpaired) electrons. The van der Waals surface area contributed by atoms with Crippen molar-refractivity contribution in [2.24, 2.45) is 0 Å². The van der Waals surface area contributed by atoms with Gasteiger partial charge in [-0.05, 0) is 50.2 Å². The van der Waals surface area contributed by atoms with E-state index in [0.717, 1.165) is 25.9 Å². The van der Waals surface area contributed by atoms with Gasteiger partial charge in [-0.3, -0.25) is 14.5 Å². The number of hydrogen-bond acceptors (Lipinski definition) is 7. The molecule has 2 aromatic rings. The molecule has 0 aliphatic carbocycles. The molecule has 8 heteroatoms. The average Bonchev–Trinajstić information content (AvgIpc) is 2.74. The molecule has 0 atom stereocenters. The number of hydrogen-bond donors (Lipinski definition) is 1. The van der Waals surface area contributed by atoms with E-state index in [0.29, 0.717) is 23.6 Å². The fraction of sp³-hybridized carbons (Fsp3) is 0.381. The van der Waals surface area contributed by atoms with Crippen LogP contribution in [0.3, 0.4) is 0 Å². The lowest BCUT2D eigenvalue weighted by atomic mass is 10.1. The highest BCUT2D eigenvalue weighted by atomic mass is 16.5. The standard InChI is InChI=1S/C21H24N2O6/c1-27-21(26)15-5-7-16(8-6-15)22-20(25)14-29-19-13-28-17(11-18(19)24)12-23-9-3-2-4-10-23/h5-8,11,13H,2-4,9-10,12,14H2,1H3,(H,22,25). The van der Waals surface area contributed by atoms with E-state index in [1.54, 1.807) is 12.1 Å². The normalized spacial score (nSPS) is 14.2. The third-order valence-electron chi connectivity index (χ3n) is 4.63. The van der Waals surface area contributed by atoms with Crippen LogP contribution in [0, 0.1) is 0 Å². The molecule has 3 rings (SSSR count). The Morgan fingerprint density at radius 1 is 1.14 bits per heavy atom. The first-order chi connectivity index (χ1) is 14.0. The van der Waals surface area contributed by atoms with Crippen LogP contribution in [0.25, 0.3) is 0 Å². The van der Waals surface area contributed by atoms with E-state index in [9.17, 15) is 14.4 Å². The van der Waals surface area contributed by atoms with Crippen molar-refractivity contribution in [3.8, 4) is 5.75 Å². The van der Waals surface area contributed by atoms with Crippen molar-refractivity contribution in [1.82, 2.24) is 4.90 Å². The molecule has 1 aromatic heterocycles. The van der Waals surface area contributed by atoms with Crippen LogP contribution in [0.15, 0.2) is 45.8 Å². The number of carbonyl (C=O) groups is 2. The second-order valence-electron chi connectivity index (χ2n) is 6.82. The molecule has 1 aliphatic rings. The van der Waals surface area contributed by atoms with Crippen LogP contribution in [0.2, 0.25) is 0 Å². The number of nitrogens with zero attached hydrogens (tertiary/aromatic N) is 1. The summed E-state index contributed by atoms with van der Waals surface area (Å²) in [6.07, 6.45) is 4.81. The number of rotatable bonds is 7. The van der Waals surface area contributed by atoms with Crippen molar-refractivity contribution in [1.29, 1.82) is 0 Å². The zero-order valence-corrected chi connectivity index (χ0v) is 16.3. The van der Waals surface area contributed by atoms with Crippen LogP contribution in [-0.4, -0.2) is 43.6 Å². The molecule has 29 heavy (non-hydrogen) atoms. The minimum Gasteiger partial charge on any atom is -0.477 e. The third kappa shape index (κ3) is 5.92. The van der Waals surface area contributed by atoms with Crippen LogP contribution < -0.4 is 15.5 Å². The molecule has 8 nitrogen and oxygen atoms in total. The maximum Gasteiger partial charge on any atom is 0.337 e. The number of amides is 1. The van der Waals surface area contributed by atoms with E-state index in [1.807, 2.05) is 0 Å². The van der Waals surface area contributed by atoms with Crippen LogP contribution >= 0.6 is 0 Å². The lowest BCUT2D eigenvalue weighted by Crippen LogP contribution is -2.29. The predicted octanol–water partition coefficient (Wildman–Crippen LogP) is 2.43. The molecule has 0 unspecified atom stereocenters. The smallest absolute Gasteiger partial charge is 0.337 e. The van der Waals surface area contributed by atoms with Crippen molar-refractivity contribution in [3.63, 3.8) is 0 Å². The summed E-state index contributed by atoms with van der Waals surface area (Å²) in [6, 6.07) is 7.64. The van der Waals surface area contributed by atoms with Crippen molar-refractivity contribution < 1.29 is 23.5 Å². The first-order valence-electron chi connectivity index (χ1n) is 9.50. The first kappa shape index (κ1) is 20.6. The van der Waals surface area contributed by atoms with E-state index in [-0.39, 0.29) is 17.8 Å². The number of anilines is 1. The molecule has 1 saturated heterocycles. The summed E-state index contributed by atoms with van der Waals surface area (Å²) in [5, 5.41) is 2.63. The highest BCUT2D eigenvalue weighted by molar-refractivity contribution is 5.93. The highest BCUT2D eigenvalue weighted by Crippen LogP contribution is 2.14. The van der Waals surface area contributed by atoms with Gasteiger partial charge in [-0.25, -0.2) is 4.79 Å². The molecular formula is C21H24N2O6. The van der Waals surface area contributed by atoms with E-state index in [2.05, 4.69) is 15.0 Å². The van der Waals surface area contributed by atoms with Crippen LogP contribution in [0.5, 0.6) is 5.75 Å². The minimum atomic E-state index is -0.457. The van der Waals surface area contributed by atoms with Gasteiger partial charge in [0.05, 0.1) is 19.2 Å². The summed E-state index contributed by atoms with van der Waals surface area (Å²) in [5.41, 5.74) is 0.553. The van der Waals surface area contributed by atoms with Gasteiger partial charge in [-0.2, -0.15) is 0 Å². The number of nitrogens with one attached hydrogen (secondary N) is 1. The van der Waals surface area contributed by atoms with Gasteiger partial charge in [0, 0.05) is 11.8 Å². The summed E-state index contributed by atoms with van der Waals surface area (Å²) < 4.78 is 15.4. The number of ether oxygens (including phenoxy) is 2. The predicted molar refractivity (Wildman–Crippen MR) is 106 cm³/mol. The van der Waals surface area contributed by atoms with Gasteiger partial charge < -0.3 is 19.2 Å². The minimum absolute atomic E-state index is 0.0106. The summed E-state index contributed by atoms with van der Waals surface area (Å²) in [5.74, 6) is -0.322. The van der Waals surface area contributed by atoms with Crippen LogP contribution in [-0.2, 0) is 16.1 Å². The Balaban J connectivity index is 1.50. The number of piperidine rings is 1. The Morgan fingerprint density at radius 2 is 1.86 bits per heavy atom. The number of likely N-dealkylation sites (tertiary alicyclic amines) is 1. The molecule has 1 aliphatic heterocycles. The molecule has 0 spiro atoms. The second kappa shape index (κ2) is 9.88. The quantitative estimate of drug-likeness (QED) is 0.713. The van der Waals surface area contributed by atoms with Gasteiger partial charge in [0.1, 0.15) is 12.0 Å². The first-order valence-corrected chi connectivity index (χ1v) is 9.50. The van der Waals surface area contributed by atoms with Gasteiger partial charge in [0.25, 0.3) is 5.91 Å². The van der Waals surface area contributed by atoms with Gasteiger partial charge in [0.15, 0.2) is 6.61 Å². The maximum atomic E-state index is 12.2. The third-order valence-corrected chi connectivity index (χ3v) is 4.63. The molecule has 1 N–H and O–H groups in total. The molecule has 1 aromatic carbocycles. The summed E-state index contributed by atoms with van der Waals surface area (Å²) in [4.78, 5) is 37.9. The largest absolute Gasteiger partial charge is 0.477 e. The zero-order chi connectivity index (χ0) is 20.6. The summed E-state index contributed by atoms with van der Waals surface area (Å²) >= 11 is 0. The highest BCUT2D eigenvalue weighted by Gasteiger charge is 2.14. The summed E-state index contributed by atoms with van der Waals surface area (Å²) in [7, 11) is 1.30. The van der Waals surface area contributed by atoms with Crippen molar-refractivity contribution in [3.05, 3.63) is 58.1 Å². The Bertz CT molecular complexity index is 900. The number of carbonyl (C=O) groups excluding carboxylic acids is 2. The van der Waals surface area contributed by atoms with Crippen LogP contribution in [0.4, 0.5) is 5.69 Å². The lowest BCUT2D eigenvalue weighted by molar-refractivity contribution is -0.118. The summed E-state index contributed by atoms with van der Waals surface area (Å²) in [6.45, 7) is 2.26. The fourth-order valence-electron chi connectivity index (χ4n) is 3.11. The Labute approximate surface area is 168 Å². The van der Waals surface area contributed by atoms with Gasteiger partial charge in [-0.15, -0.1) is 0 Å². The second-order valence-corrected chi connectivity index (χ2v) is 6.82. The lowest BCUT2D eigenvalue weighted by Gasteiger charge is -2.25. The Kier molecular flexibility index (Phi) is 7.02. The average molecular weight is 400 g/mol. The molecular weight excluding hydrogens is 376 g/mol. The van der Waals surface area contributed by atoms with Gasteiger partial charge in [-0.1, -0.05) is 6.42 Å². The van der Waals surface area contributed by atoms with E-state index in [1.165, 1.54) is 38.0 Å². The van der Waals surface area contributed by atoms with Crippen molar-refractivity contribution >= 4 is 17.6 Å². The van der Waals surface area contributed by atoms with Crippen molar-refractivity contribution in [2.75, 3.05) is 32.1 Å². The molecule has 154 valence electrons. The molecule has 1 fully saturated rings. The monoisotopic (exact) mass is 400 g/mol. The van der Waals surface area contributed by atoms with E-state index in [4.69, 9.17) is 9.15 Å². The zero-order valence-electron chi connectivity index (χ0n) is 16.3. The molecule has 2 heterocycles. The van der Waals surface area contributed by atoms with Gasteiger partial charge >= 0.3 is 5.97 Å². The Hall–Kier alpha value is -3.13. The van der Waals surface area contributed by atoms with E-state index < -0.39 is 11.9 Å². The fourth-order valence-corrected chi connectivity index (χ4v) is 3.11.